The molecule has 2 aliphatic heterocycles. The molecule has 35 heavy (non-hydrogen) atoms. The number of rotatable bonds is 1. The highest BCUT2D eigenvalue weighted by molar-refractivity contribution is 5.51. The summed E-state index contributed by atoms with van der Waals surface area (Å²) >= 11 is 0. The maximum atomic E-state index is 9.20. The summed E-state index contributed by atoms with van der Waals surface area (Å²) in [7, 11) is 0. The number of hydrogen-bond donors (Lipinski definition) is 6. The lowest BCUT2D eigenvalue weighted by atomic mass is 9.98. The van der Waals surface area contributed by atoms with E-state index in [0.29, 0.717) is 83.3 Å². The molecule has 3 rings (SSSR count). The van der Waals surface area contributed by atoms with Crippen molar-refractivity contribution in [2.75, 3.05) is 78.4 Å². The minimum absolute atomic E-state index is 0.416. The summed E-state index contributed by atoms with van der Waals surface area (Å²) in [5, 5.41) is 36.1. The summed E-state index contributed by atoms with van der Waals surface area (Å²) in [4.78, 5) is 0. The molecule has 5 atom stereocenters. The third kappa shape index (κ3) is 10.8. The number of benzene rings is 1. The Bertz CT molecular complexity index is 695. The Morgan fingerprint density at radius 1 is 0.714 bits per heavy atom. The monoisotopic (exact) mass is 506 g/mol. The van der Waals surface area contributed by atoms with Crippen molar-refractivity contribution in [1.82, 2.24) is 0 Å². The molecule has 13 heteroatoms. The van der Waals surface area contributed by atoms with Crippen molar-refractivity contribution >= 4 is 5.69 Å². The highest BCUT2D eigenvalue weighted by atomic mass is 16.6. The molecule has 3 unspecified atom stereocenters. The lowest BCUT2D eigenvalue weighted by molar-refractivity contribution is -0.248. The van der Waals surface area contributed by atoms with E-state index in [-0.39, 0.29) is 0 Å². The molecule has 0 spiro atoms. The minimum atomic E-state index is -1.35. The van der Waals surface area contributed by atoms with Crippen LogP contribution in [0, 0.1) is 0 Å². The average molecular weight is 507 g/mol. The van der Waals surface area contributed by atoms with E-state index in [0.717, 1.165) is 0 Å². The predicted octanol–water partition coefficient (Wildman–Crippen LogP) is -2.15. The number of ether oxygens (including phenoxy) is 7. The van der Waals surface area contributed by atoms with Gasteiger partial charge in [-0.15, -0.1) is 0 Å². The van der Waals surface area contributed by atoms with Crippen molar-refractivity contribution in [2.45, 2.75) is 30.6 Å². The molecular formula is C22H38N2O11. The Hall–Kier alpha value is -1.78. The summed E-state index contributed by atoms with van der Waals surface area (Å²) in [6.07, 6.45) is -4.85. The van der Waals surface area contributed by atoms with Gasteiger partial charge in [-0.25, -0.2) is 0 Å². The topological polar surface area (TPSA) is 198 Å². The number of fused-ring (bicyclic) bond motifs is 1. The van der Waals surface area contributed by atoms with E-state index < -0.39 is 37.3 Å². The molecule has 2 aliphatic rings. The fraction of sp³-hybridized carbons (Fsp3) is 0.727. The van der Waals surface area contributed by atoms with Crippen molar-refractivity contribution in [3.63, 3.8) is 0 Å². The zero-order valence-corrected chi connectivity index (χ0v) is 19.7. The molecule has 0 amide bonds. The molecule has 0 aromatic heterocycles. The van der Waals surface area contributed by atoms with Gasteiger partial charge in [-0.1, -0.05) is 0 Å². The van der Waals surface area contributed by atoms with Crippen molar-refractivity contribution in [3.05, 3.63) is 18.2 Å². The van der Waals surface area contributed by atoms with Crippen LogP contribution in [0.15, 0.2) is 18.2 Å². The molecular weight excluding hydrogens is 468 g/mol. The van der Waals surface area contributed by atoms with Crippen LogP contribution in [-0.2, 0) is 23.7 Å². The first-order valence-electron chi connectivity index (χ1n) is 11.5. The van der Waals surface area contributed by atoms with Gasteiger partial charge in [0.15, 0.2) is 17.8 Å². The van der Waals surface area contributed by atoms with Gasteiger partial charge in [0, 0.05) is 11.8 Å². The van der Waals surface area contributed by atoms with Gasteiger partial charge < -0.3 is 65.1 Å². The molecule has 0 radical (unpaired) electrons. The quantitative estimate of drug-likeness (QED) is 0.226. The third-order valence-corrected chi connectivity index (χ3v) is 5.00. The fourth-order valence-electron chi connectivity index (χ4n) is 3.06. The second-order valence-electron chi connectivity index (χ2n) is 7.66. The van der Waals surface area contributed by atoms with Gasteiger partial charge in [0.05, 0.1) is 65.5 Å². The van der Waals surface area contributed by atoms with Crippen LogP contribution in [0.1, 0.15) is 0 Å². The highest BCUT2D eigenvalue weighted by Gasteiger charge is 2.41. The van der Waals surface area contributed by atoms with Crippen LogP contribution >= 0.6 is 0 Å². The largest absolute Gasteiger partial charge is 0.487 e. The maximum Gasteiger partial charge on any atom is 0.173 e. The van der Waals surface area contributed by atoms with Crippen LogP contribution in [0.3, 0.4) is 0 Å². The first-order valence-corrected chi connectivity index (χ1v) is 11.5. The zero-order chi connectivity index (χ0) is 25.5. The maximum absolute atomic E-state index is 9.20. The number of anilines is 1. The van der Waals surface area contributed by atoms with Crippen molar-refractivity contribution < 1.29 is 53.6 Å². The highest BCUT2D eigenvalue weighted by Crippen LogP contribution is 2.29. The molecule has 0 aliphatic carbocycles. The van der Waals surface area contributed by atoms with Crippen molar-refractivity contribution in [1.29, 1.82) is 0 Å². The summed E-state index contributed by atoms with van der Waals surface area (Å²) in [5.74, 6) is 1.25. The van der Waals surface area contributed by atoms with Gasteiger partial charge in [0.25, 0.3) is 0 Å². The summed E-state index contributed by atoms with van der Waals surface area (Å²) in [6.45, 7) is 4.55. The molecule has 0 bridgehead atoms. The molecule has 2 heterocycles. The van der Waals surface area contributed by atoms with Crippen LogP contribution in [0.2, 0.25) is 0 Å². The molecule has 13 nitrogen and oxygen atoms in total. The van der Waals surface area contributed by atoms with Crippen LogP contribution in [0.5, 0.6) is 11.5 Å². The van der Waals surface area contributed by atoms with E-state index in [1.807, 2.05) is 0 Å². The smallest absolute Gasteiger partial charge is 0.173 e. The summed E-state index contributed by atoms with van der Waals surface area (Å²) in [6, 6.07) is 4.27. The van der Waals surface area contributed by atoms with Crippen LogP contribution < -0.4 is 20.9 Å². The van der Waals surface area contributed by atoms with Crippen LogP contribution in [-0.4, -0.2) is 124 Å². The van der Waals surface area contributed by atoms with E-state index in [1.54, 1.807) is 18.2 Å². The third-order valence-electron chi connectivity index (χ3n) is 5.00. The van der Waals surface area contributed by atoms with E-state index in [9.17, 15) is 10.2 Å². The van der Waals surface area contributed by atoms with Gasteiger partial charge in [0.1, 0.15) is 31.5 Å². The second-order valence-corrected chi connectivity index (χ2v) is 7.66. The Kier molecular flexibility index (Phi) is 14.1. The molecule has 1 saturated heterocycles. The summed E-state index contributed by atoms with van der Waals surface area (Å²) < 4.78 is 37.7. The van der Waals surface area contributed by atoms with E-state index in [2.05, 4.69) is 0 Å². The number of hydrogen-bond acceptors (Lipinski definition) is 13. The Morgan fingerprint density at radius 3 is 1.71 bits per heavy atom. The van der Waals surface area contributed by atoms with E-state index in [1.165, 1.54) is 0 Å². The minimum Gasteiger partial charge on any atom is -0.487 e. The number of nitrogens with two attached hydrogens (primary N) is 2. The predicted molar refractivity (Wildman–Crippen MR) is 123 cm³/mol. The standard InChI is InChI=1S/C16H25NO6.C6H13NO5/c17-14-1-2-15-16(13-14)23-12-10-21-8-6-19-4-3-18-5-7-20-9-11-22-15;7-3-5(10)4(9)2(1-8)12-6(3)11/h1-2,13H,3-12,17H2;2-6,8-11H,1,7H2/t;2?,3?,4-,5-,6?/m.1/s1. The molecule has 1 aromatic carbocycles. The fourth-order valence-corrected chi connectivity index (χ4v) is 3.06. The summed E-state index contributed by atoms with van der Waals surface area (Å²) in [5.41, 5.74) is 11.7. The lowest BCUT2D eigenvalue weighted by Crippen LogP contribution is -2.61. The van der Waals surface area contributed by atoms with Gasteiger partial charge in [-0.05, 0) is 12.1 Å². The molecule has 0 saturated carbocycles. The van der Waals surface area contributed by atoms with E-state index in [4.69, 9.17) is 54.8 Å². The van der Waals surface area contributed by atoms with Gasteiger partial charge in [-0.3, -0.25) is 0 Å². The SMILES string of the molecule is NC1C(O)OC(CO)[C@@H](O)[C@@H]1O.Nc1ccc2c(c1)OCCOCCOCCOCCOCCO2. The first-order chi connectivity index (χ1) is 16.9. The Morgan fingerprint density at radius 2 is 1.20 bits per heavy atom. The van der Waals surface area contributed by atoms with Crippen LogP contribution in [0.4, 0.5) is 5.69 Å². The van der Waals surface area contributed by atoms with E-state index >= 15 is 0 Å². The molecule has 1 fully saturated rings. The Balaban J connectivity index is 0.000000303. The first kappa shape index (κ1) is 29.5. The Labute approximate surface area is 204 Å². The number of aliphatic hydroxyl groups excluding tert-OH is 4. The average Bonchev–Trinajstić information content (AvgIpc) is 2.85. The normalized spacial score (nSPS) is 29.7. The lowest BCUT2D eigenvalue weighted by Gasteiger charge is -2.38. The van der Waals surface area contributed by atoms with Crippen LogP contribution in [0.25, 0.3) is 0 Å². The van der Waals surface area contributed by atoms with Crippen molar-refractivity contribution in [3.8, 4) is 11.5 Å². The van der Waals surface area contributed by atoms with Gasteiger partial charge >= 0.3 is 0 Å². The van der Waals surface area contributed by atoms with Gasteiger partial charge in [0.2, 0.25) is 0 Å². The van der Waals surface area contributed by atoms with Gasteiger partial charge in [-0.2, -0.15) is 0 Å². The van der Waals surface area contributed by atoms with Crippen molar-refractivity contribution in [2.24, 2.45) is 5.73 Å². The second kappa shape index (κ2) is 16.8. The number of aliphatic hydroxyl groups is 4. The zero-order valence-electron chi connectivity index (χ0n) is 19.7. The molecule has 1 aromatic rings. The molecule has 202 valence electrons. The molecule has 8 N–H and O–H groups in total. The number of nitrogen functional groups attached to an aromatic ring is 1.